The molecule has 0 heterocycles. The average Bonchev–Trinajstić information content (AvgIpc) is 2.59. The number of benzene rings is 2. The summed E-state index contributed by atoms with van der Waals surface area (Å²) in [6.07, 6.45) is 2.99. The van der Waals surface area contributed by atoms with E-state index in [0.29, 0.717) is 6.61 Å². The standard InChI is InChI=1S/C19H19NO4/c1-20(13-19(22)23)18(21)12-9-15-7-10-17(11-8-15)24-14-16-5-3-2-4-6-16/h2-12H,13-14H2,1H3,(H,22,23)/b12-9+. The fourth-order valence-electron chi connectivity index (χ4n) is 1.99. The van der Waals surface area contributed by atoms with Gasteiger partial charge in [0.15, 0.2) is 0 Å². The lowest BCUT2D eigenvalue weighted by Gasteiger charge is -2.11. The molecule has 2 aromatic rings. The van der Waals surface area contributed by atoms with Crippen LogP contribution in [0.25, 0.3) is 6.08 Å². The van der Waals surface area contributed by atoms with E-state index in [1.807, 2.05) is 54.6 Å². The number of aliphatic carboxylic acids is 1. The minimum Gasteiger partial charge on any atom is -0.489 e. The van der Waals surface area contributed by atoms with Gasteiger partial charge in [0.2, 0.25) is 5.91 Å². The molecule has 2 aromatic carbocycles. The number of carbonyl (C=O) groups excluding carboxylic acids is 1. The van der Waals surface area contributed by atoms with E-state index in [4.69, 9.17) is 9.84 Å². The van der Waals surface area contributed by atoms with Gasteiger partial charge in [-0.05, 0) is 29.3 Å². The largest absolute Gasteiger partial charge is 0.489 e. The van der Waals surface area contributed by atoms with E-state index in [9.17, 15) is 9.59 Å². The molecule has 0 aliphatic rings. The molecule has 124 valence electrons. The van der Waals surface area contributed by atoms with Gasteiger partial charge in [0.05, 0.1) is 0 Å². The van der Waals surface area contributed by atoms with Gasteiger partial charge in [0.1, 0.15) is 18.9 Å². The van der Waals surface area contributed by atoms with Crippen molar-refractivity contribution in [3.63, 3.8) is 0 Å². The predicted molar refractivity (Wildman–Crippen MR) is 91.5 cm³/mol. The van der Waals surface area contributed by atoms with Gasteiger partial charge in [-0.1, -0.05) is 42.5 Å². The van der Waals surface area contributed by atoms with Crippen molar-refractivity contribution in [1.29, 1.82) is 0 Å². The highest BCUT2D eigenvalue weighted by molar-refractivity contribution is 5.93. The number of nitrogens with zero attached hydrogens (tertiary/aromatic N) is 1. The molecule has 0 aromatic heterocycles. The SMILES string of the molecule is CN(CC(=O)O)C(=O)/C=C/c1ccc(OCc2ccccc2)cc1. The molecule has 24 heavy (non-hydrogen) atoms. The molecule has 0 atom stereocenters. The predicted octanol–water partition coefficient (Wildman–Crippen LogP) is 2.82. The fourth-order valence-corrected chi connectivity index (χ4v) is 1.99. The number of carbonyl (C=O) groups is 2. The van der Waals surface area contributed by atoms with Crippen LogP contribution < -0.4 is 4.74 Å². The summed E-state index contributed by atoms with van der Waals surface area (Å²) in [5, 5.41) is 8.65. The minimum atomic E-state index is -1.04. The van der Waals surface area contributed by atoms with Crippen LogP contribution in [0.15, 0.2) is 60.7 Å². The first-order valence-electron chi connectivity index (χ1n) is 7.46. The van der Waals surface area contributed by atoms with E-state index in [-0.39, 0.29) is 12.5 Å². The summed E-state index contributed by atoms with van der Waals surface area (Å²) in [6.45, 7) is 0.171. The van der Waals surface area contributed by atoms with Crippen molar-refractivity contribution in [3.8, 4) is 5.75 Å². The van der Waals surface area contributed by atoms with Crippen molar-refractivity contribution >= 4 is 18.0 Å². The lowest BCUT2D eigenvalue weighted by molar-refractivity contribution is -0.141. The molecule has 2 rings (SSSR count). The number of hydrogen-bond acceptors (Lipinski definition) is 3. The number of hydrogen-bond donors (Lipinski definition) is 1. The molecule has 0 saturated heterocycles. The summed E-state index contributed by atoms with van der Waals surface area (Å²) in [5.74, 6) is -0.661. The van der Waals surface area contributed by atoms with Crippen molar-refractivity contribution in [1.82, 2.24) is 4.90 Å². The van der Waals surface area contributed by atoms with Crippen molar-refractivity contribution in [2.24, 2.45) is 0 Å². The molecule has 0 aliphatic heterocycles. The van der Waals surface area contributed by atoms with Gasteiger partial charge in [-0.15, -0.1) is 0 Å². The summed E-state index contributed by atoms with van der Waals surface area (Å²) in [7, 11) is 1.45. The molecule has 0 spiro atoms. The third-order valence-corrected chi connectivity index (χ3v) is 3.30. The molecular formula is C19H19NO4. The van der Waals surface area contributed by atoms with Gasteiger partial charge >= 0.3 is 5.97 Å². The molecule has 0 radical (unpaired) electrons. The first-order chi connectivity index (χ1) is 11.5. The molecule has 0 aliphatic carbocycles. The zero-order valence-corrected chi connectivity index (χ0v) is 13.4. The maximum absolute atomic E-state index is 11.7. The molecule has 0 fully saturated rings. The zero-order valence-electron chi connectivity index (χ0n) is 13.4. The Bertz CT molecular complexity index is 708. The molecule has 5 nitrogen and oxygen atoms in total. The Kier molecular flexibility index (Phi) is 6.14. The molecule has 0 bridgehead atoms. The Balaban J connectivity index is 1.88. The van der Waals surface area contributed by atoms with Gasteiger partial charge in [-0.25, -0.2) is 0 Å². The van der Waals surface area contributed by atoms with E-state index in [0.717, 1.165) is 21.8 Å². The molecule has 5 heteroatoms. The van der Waals surface area contributed by atoms with Crippen LogP contribution in [0, 0.1) is 0 Å². The molecule has 1 amide bonds. The second-order valence-corrected chi connectivity index (χ2v) is 5.26. The lowest BCUT2D eigenvalue weighted by atomic mass is 10.2. The van der Waals surface area contributed by atoms with Crippen LogP contribution in [0.1, 0.15) is 11.1 Å². The Morgan fingerprint density at radius 3 is 2.38 bits per heavy atom. The van der Waals surface area contributed by atoms with Gasteiger partial charge in [-0.2, -0.15) is 0 Å². The summed E-state index contributed by atoms with van der Waals surface area (Å²) < 4.78 is 5.69. The van der Waals surface area contributed by atoms with Crippen molar-refractivity contribution in [3.05, 3.63) is 71.8 Å². The van der Waals surface area contributed by atoms with Crippen molar-refractivity contribution < 1.29 is 19.4 Å². The van der Waals surface area contributed by atoms with Gasteiger partial charge < -0.3 is 14.7 Å². The number of amides is 1. The topological polar surface area (TPSA) is 66.8 Å². The van der Waals surface area contributed by atoms with Crippen LogP contribution in [0.4, 0.5) is 0 Å². The van der Waals surface area contributed by atoms with Crippen LogP contribution in [0.2, 0.25) is 0 Å². The number of rotatable bonds is 7. The van der Waals surface area contributed by atoms with Crippen LogP contribution in [0.3, 0.4) is 0 Å². The first kappa shape index (κ1) is 17.3. The second-order valence-electron chi connectivity index (χ2n) is 5.26. The fraction of sp³-hybridized carbons (Fsp3) is 0.158. The van der Waals surface area contributed by atoms with E-state index < -0.39 is 5.97 Å². The Hall–Kier alpha value is -3.08. The van der Waals surface area contributed by atoms with E-state index in [1.165, 1.54) is 13.1 Å². The van der Waals surface area contributed by atoms with Crippen LogP contribution in [-0.4, -0.2) is 35.5 Å². The van der Waals surface area contributed by atoms with Crippen LogP contribution in [0.5, 0.6) is 5.75 Å². The smallest absolute Gasteiger partial charge is 0.323 e. The maximum Gasteiger partial charge on any atom is 0.323 e. The lowest BCUT2D eigenvalue weighted by Crippen LogP contribution is -2.30. The van der Waals surface area contributed by atoms with Crippen molar-refractivity contribution in [2.45, 2.75) is 6.61 Å². The zero-order chi connectivity index (χ0) is 17.4. The normalized spacial score (nSPS) is 10.5. The average molecular weight is 325 g/mol. The van der Waals surface area contributed by atoms with E-state index in [2.05, 4.69) is 0 Å². The summed E-state index contributed by atoms with van der Waals surface area (Å²) in [4.78, 5) is 23.4. The quantitative estimate of drug-likeness (QED) is 0.795. The highest BCUT2D eigenvalue weighted by Gasteiger charge is 2.08. The number of carboxylic acid groups (broad SMARTS) is 1. The highest BCUT2D eigenvalue weighted by Crippen LogP contribution is 2.15. The molecule has 0 saturated carbocycles. The van der Waals surface area contributed by atoms with Crippen molar-refractivity contribution in [2.75, 3.05) is 13.6 Å². The third-order valence-electron chi connectivity index (χ3n) is 3.30. The summed E-state index contributed by atoms with van der Waals surface area (Å²) in [6, 6.07) is 17.2. The van der Waals surface area contributed by atoms with E-state index in [1.54, 1.807) is 6.08 Å². The number of carboxylic acids is 1. The Labute approximate surface area is 140 Å². The molecule has 1 N–H and O–H groups in total. The Morgan fingerprint density at radius 2 is 1.75 bits per heavy atom. The molecular weight excluding hydrogens is 306 g/mol. The monoisotopic (exact) mass is 325 g/mol. The first-order valence-corrected chi connectivity index (χ1v) is 7.46. The highest BCUT2D eigenvalue weighted by atomic mass is 16.5. The maximum atomic E-state index is 11.7. The van der Waals surface area contributed by atoms with Crippen LogP contribution in [-0.2, 0) is 16.2 Å². The third kappa shape index (κ3) is 5.61. The summed E-state index contributed by atoms with van der Waals surface area (Å²) >= 11 is 0. The van der Waals surface area contributed by atoms with Gasteiger partial charge in [-0.3, -0.25) is 9.59 Å². The number of ether oxygens (including phenoxy) is 1. The van der Waals surface area contributed by atoms with E-state index >= 15 is 0 Å². The second kappa shape index (κ2) is 8.53. The molecule has 0 unspecified atom stereocenters. The summed E-state index contributed by atoms with van der Waals surface area (Å²) in [5.41, 5.74) is 1.92. The van der Waals surface area contributed by atoms with Gasteiger partial charge in [0, 0.05) is 13.1 Å². The number of likely N-dealkylation sites (N-methyl/N-ethyl adjacent to an activating group) is 1. The van der Waals surface area contributed by atoms with Crippen LogP contribution >= 0.6 is 0 Å². The minimum absolute atomic E-state index is 0.324. The van der Waals surface area contributed by atoms with Gasteiger partial charge in [0.25, 0.3) is 0 Å². The Morgan fingerprint density at radius 1 is 1.08 bits per heavy atom.